The normalized spacial score (nSPS) is 10.2. The molecule has 51 heavy (non-hydrogen) atoms. The van der Waals surface area contributed by atoms with Crippen molar-refractivity contribution in [2.24, 2.45) is 0 Å². The molecule has 17 heteroatoms. The van der Waals surface area contributed by atoms with E-state index in [1.807, 2.05) is 88.4 Å². The smallest absolute Gasteiger partial charge is 0.430 e. The van der Waals surface area contributed by atoms with Crippen LogP contribution < -0.4 is 28.4 Å². The Kier molecular flexibility index (Phi) is 18.2. The molecule has 0 heterocycles. The molecule has 0 saturated carbocycles. The Hall–Kier alpha value is -4.91. The van der Waals surface area contributed by atoms with Gasteiger partial charge in [0, 0.05) is 32.3 Å². The lowest BCUT2D eigenvalue weighted by Crippen LogP contribution is -1.96. The Morgan fingerprint density at radius 3 is 1.12 bits per heavy atom. The van der Waals surface area contributed by atoms with Gasteiger partial charge in [-0.05, 0) is 76.2 Å². The molecule has 0 saturated heterocycles. The molecule has 0 atom stereocenters. The fourth-order valence-electron chi connectivity index (χ4n) is 4.00. The van der Waals surface area contributed by atoms with E-state index in [4.69, 9.17) is 56.7 Å². The summed E-state index contributed by atoms with van der Waals surface area (Å²) in [5.41, 5.74) is 0.712. The maximum absolute atomic E-state index is 9.14. The largest absolute Gasteiger partial charge is 0.759 e. The summed E-state index contributed by atoms with van der Waals surface area (Å²) >= 11 is 3.10. The first-order chi connectivity index (χ1) is 24.4. The third-order valence-electron chi connectivity index (χ3n) is 6.04. The van der Waals surface area contributed by atoms with Crippen LogP contribution in [0.2, 0.25) is 0 Å². The highest BCUT2D eigenvalue weighted by Gasteiger charge is 2.22. The summed E-state index contributed by atoms with van der Waals surface area (Å²) in [4.78, 5) is 10.4. The lowest BCUT2D eigenvalue weighted by Gasteiger charge is -2.11. The summed E-state index contributed by atoms with van der Waals surface area (Å²) < 4.78 is 66.8. The lowest BCUT2D eigenvalue weighted by molar-refractivity contribution is 0.325. The van der Waals surface area contributed by atoms with E-state index in [1.165, 1.54) is 0 Å². The SMILES string of the molecule is CCOc1cc(Sc2ccc(OC)cc2)c(OCC)cc1[N+]#N.CCOc1cc(Sc2ccc(OC)cc2)c(OCC)cc1[N+]#N.O=S(=O)([O-])[O-]. The molecule has 0 spiro atoms. The van der Waals surface area contributed by atoms with E-state index in [1.54, 1.807) is 49.9 Å². The predicted octanol–water partition coefficient (Wildman–Crippen LogP) is 8.92. The van der Waals surface area contributed by atoms with Gasteiger partial charge in [0.15, 0.2) is 9.95 Å². The molecule has 0 amide bonds. The molecule has 4 rings (SSSR count). The van der Waals surface area contributed by atoms with Gasteiger partial charge in [0.25, 0.3) is 0 Å². The van der Waals surface area contributed by atoms with E-state index >= 15 is 0 Å². The van der Waals surface area contributed by atoms with Gasteiger partial charge in [-0.15, -0.1) is 0 Å². The summed E-state index contributed by atoms with van der Waals surface area (Å²) in [6, 6.07) is 22.6. The number of hydrogen-bond acceptors (Lipinski definition) is 14. The standard InChI is InChI=1S/2C17H19N2O3S.H2O4S/c2*1-4-21-15-11-17(16(22-5-2)10-14(15)19-18)23-13-8-6-12(20-3)7-9-13;1-5(2,3)4/h2*6-11H,4-5H2,1-3H3;(H2,1,2,3,4)/q2*+1;/p-2. The second-order valence-electron chi connectivity index (χ2n) is 9.43. The van der Waals surface area contributed by atoms with Gasteiger partial charge >= 0.3 is 11.4 Å². The molecule has 0 bridgehead atoms. The van der Waals surface area contributed by atoms with Crippen molar-refractivity contribution in [3.05, 3.63) is 82.7 Å². The van der Waals surface area contributed by atoms with Gasteiger partial charge in [-0.3, -0.25) is 8.42 Å². The highest BCUT2D eigenvalue weighted by Crippen LogP contribution is 2.44. The van der Waals surface area contributed by atoms with Crippen molar-refractivity contribution in [1.82, 2.24) is 0 Å². The third-order valence-corrected chi connectivity index (χ3v) is 8.13. The zero-order chi connectivity index (χ0) is 37.8. The molecular formula is C34H38N4O10S3. The Labute approximate surface area is 306 Å². The zero-order valence-electron chi connectivity index (χ0n) is 28.9. The van der Waals surface area contributed by atoms with Gasteiger partial charge in [0.2, 0.25) is 22.3 Å². The lowest BCUT2D eigenvalue weighted by atomic mass is 10.3. The van der Waals surface area contributed by atoms with E-state index in [9.17, 15) is 0 Å². The van der Waals surface area contributed by atoms with E-state index in [0.29, 0.717) is 60.8 Å². The Morgan fingerprint density at radius 2 is 0.863 bits per heavy atom. The highest BCUT2D eigenvalue weighted by atomic mass is 32.3. The van der Waals surface area contributed by atoms with E-state index in [2.05, 4.69) is 9.95 Å². The van der Waals surface area contributed by atoms with Gasteiger partial charge in [-0.2, -0.15) is 0 Å². The molecule has 0 aliphatic heterocycles. The summed E-state index contributed by atoms with van der Waals surface area (Å²) in [5, 5.41) is 18.3. The molecule has 0 aromatic heterocycles. The van der Waals surface area contributed by atoms with Crippen LogP contribution in [-0.2, 0) is 10.4 Å². The predicted molar refractivity (Wildman–Crippen MR) is 192 cm³/mol. The Bertz CT molecular complexity index is 1750. The molecule has 0 aliphatic carbocycles. The number of diazo groups is 2. The Balaban J connectivity index is 0.000000312. The number of benzene rings is 4. The van der Waals surface area contributed by atoms with E-state index in [-0.39, 0.29) is 0 Å². The van der Waals surface area contributed by atoms with Gasteiger partial charge in [-0.25, -0.2) is 0 Å². The molecule has 0 radical (unpaired) electrons. The van der Waals surface area contributed by atoms with Gasteiger partial charge in [0.05, 0.1) is 62.6 Å². The van der Waals surface area contributed by atoms with Crippen LogP contribution in [-0.4, -0.2) is 58.2 Å². The Morgan fingerprint density at radius 1 is 0.569 bits per heavy atom. The molecule has 0 unspecified atom stereocenters. The summed E-state index contributed by atoms with van der Waals surface area (Å²) in [7, 11) is -1.89. The quantitative estimate of drug-likeness (QED) is 0.0672. The first-order valence-electron chi connectivity index (χ1n) is 15.3. The number of ether oxygens (including phenoxy) is 6. The minimum Gasteiger partial charge on any atom is -0.759 e. The topological polar surface area (TPSA) is 192 Å². The maximum Gasteiger partial charge on any atom is 0.430 e. The minimum atomic E-state index is -5.17. The van der Waals surface area contributed by atoms with Crippen LogP contribution in [0.25, 0.3) is 9.95 Å². The fraction of sp³-hybridized carbons (Fsp3) is 0.294. The van der Waals surface area contributed by atoms with Gasteiger partial charge < -0.3 is 37.5 Å². The van der Waals surface area contributed by atoms with Crippen molar-refractivity contribution in [2.75, 3.05) is 40.6 Å². The average molecular weight is 759 g/mol. The van der Waals surface area contributed by atoms with Crippen LogP contribution in [0.15, 0.2) is 92.4 Å². The van der Waals surface area contributed by atoms with Gasteiger partial charge in [0.1, 0.15) is 23.0 Å². The molecular weight excluding hydrogens is 721 g/mol. The molecule has 14 nitrogen and oxygen atoms in total. The number of rotatable bonds is 14. The molecule has 0 fully saturated rings. The summed E-state index contributed by atoms with van der Waals surface area (Å²) in [6.45, 7) is 9.61. The first kappa shape index (κ1) is 42.3. The van der Waals surface area contributed by atoms with Crippen molar-refractivity contribution in [1.29, 1.82) is 10.8 Å². The number of hydrogen-bond donors (Lipinski definition) is 0. The fourth-order valence-corrected chi connectivity index (χ4v) is 5.82. The number of methoxy groups -OCH3 is 2. The van der Waals surface area contributed by atoms with Crippen LogP contribution in [0, 0.1) is 10.8 Å². The second kappa shape index (κ2) is 22.0. The second-order valence-corrected chi connectivity index (χ2v) is 12.5. The first-order valence-corrected chi connectivity index (χ1v) is 18.3. The van der Waals surface area contributed by atoms with Crippen LogP contribution in [0.5, 0.6) is 34.5 Å². The summed E-state index contributed by atoms with van der Waals surface area (Å²) in [6.07, 6.45) is 0. The van der Waals surface area contributed by atoms with Crippen LogP contribution in [0.4, 0.5) is 11.4 Å². The van der Waals surface area contributed by atoms with Crippen molar-refractivity contribution >= 4 is 45.3 Å². The third kappa shape index (κ3) is 14.8. The molecule has 0 aliphatic rings. The zero-order valence-corrected chi connectivity index (χ0v) is 31.3. The van der Waals surface area contributed by atoms with Crippen LogP contribution in [0.1, 0.15) is 27.7 Å². The monoisotopic (exact) mass is 758 g/mol. The molecule has 272 valence electrons. The van der Waals surface area contributed by atoms with E-state index < -0.39 is 10.4 Å². The molecule has 4 aromatic rings. The number of nitrogens with zero attached hydrogens (tertiary/aromatic N) is 4. The van der Waals surface area contributed by atoms with Crippen molar-refractivity contribution in [3.63, 3.8) is 0 Å². The minimum absolute atomic E-state index is 0.356. The van der Waals surface area contributed by atoms with Crippen molar-refractivity contribution < 1.29 is 45.9 Å². The molecule has 4 aromatic carbocycles. The van der Waals surface area contributed by atoms with Crippen LogP contribution in [0.3, 0.4) is 0 Å². The van der Waals surface area contributed by atoms with E-state index in [0.717, 1.165) is 31.1 Å². The van der Waals surface area contributed by atoms with Crippen molar-refractivity contribution in [3.8, 4) is 34.5 Å². The van der Waals surface area contributed by atoms with Crippen molar-refractivity contribution in [2.45, 2.75) is 47.3 Å². The van der Waals surface area contributed by atoms with Gasteiger partial charge in [-0.1, -0.05) is 23.5 Å². The highest BCUT2D eigenvalue weighted by molar-refractivity contribution is 7.99. The van der Waals surface area contributed by atoms with Crippen LogP contribution >= 0.6 is 23.5 Å². The summed E-state index contributed by atoms with van der Waals surface area (Å²) in [5.74, 6) is 3.98. The molecule has 0 N–H and O–H groups in total. The average Bonchev–Trinajstić information content (AvgIpc) is 3.11. The maximum atomic E-state index is 9.14.